The van der Waals surface area contributed by atoms with Crippen LogP contribution in [0.25, 0.3) is 0 Å². The summed E-state index contributed by atoms with van der Waals surface area (Å²) in [4.78, 5) is 15.9. The van der Waals surface area contributed by atoms with E-state index in [4.69, 9.17) is 5.11 Å². The lowest BCUT2D eigenvalue weighted by atomic mass is 10.2. The summed E-state index contributed by atoms with van der Waals surface area (Å²) in [5.74, 6) is -0.808. The molecular formula is C13H14N2O2S. The molecule has 0 saturated carbocycles. The van der Waals surface area contributed by atoms with Gasteiger partial charge in [-0.05, 0) is 24.6 Å². The maximum Gasteiger partial charge on any atom is 0.307 e. The Hall–Kier alpha value is -1.75. The third-order valence-corrected chi connectivity index (χ3v) is 3.54. The molecule has 2 aromatic rings. The third kappa shape index (κ3) is 3.13. The van der Waals surface area contributed by atoms with Gasteiger partial charge in [0.2, 0.25) is 0 Å². The van der Waals surface area contributed by atoms with Crippen LogP contribution in [-0.4, -0.2) is 20.6 Å². The smallest absolute Gasteiger partial charge is 0.307 e. The van der Waals surface area contributed by atoms with Crippen molar-refractivity contribution >= 4 is 17.7 Å². The molecule has 0 spiro atoms. The van der Waals surface area contributed by atoms with Gasteiger partial charge in [0.15, 0.2) is 5.16 Å². The van der Waals surface area contributed by atoms with Gasteiger partial charge in [0, 0.05) is 23.8 Å². The van der Waals surface area contributed by atoms with Gasteiger partial charge in [-0.25, -0.2) is 4.98 Å². The van der Waals surface area contributed by atoms with E-state index in [0.29, 0.717) is 0 Å². The van der Waals surface area contributed by atoms with Crippen LogP contribution in [0.4, 0.5) is 0 Å². The second-order valence-electron chi connectivity index (χ2n) is 3.81. The molecule has 1 aromatic carbocycles. The Morgan fingerprint density at radius 1 is 1.39 bits per heavy atom. The average molecular weight is 262 g/mol. The molecule has 94 valence electrons. The number of carboxylic acid groups (broad SMARTS) is 1. The highest BCUT2D eigenvalue weighted by molar-refractivity contribution is 7.99. The first-order valence-corrected chi connectivity index (χ1v) is 6.50. The Balaban J connectivity index is 2.08. The molecule has 0 radical (unpaired) electrons. The number of imidazole rings is 1. The van der Waals surface area contributed by atoms with Gasteiger partial charge in [-0.15, -0.1) is 0 Å². The molecule has 0 fully saturated rings. The molecule has 1 heterocycles. The van der Waals surface area contributed by atoms with Crippen LogP contribution in [0.2, 0.25) is 0 Å². The number of aryl methyl sites for hydroxylation is 1. The van der Waals surface area contributed by atoms with E-state index < -0.39 is 5.97 Å². The number of aliphatic carboxylic acids is 1. The van der Waals surface area contributed by atoms with E-state index in [1.807, 2.05) is 30.5 Å². The average Bonchev–Trinajstić information content (AvgIpc) is 2.78. The Labute approximate surface area is 110 Å². The molecule has 18 heavy (non-hydrogen) atoms. The number of rotatable bonds is 5. The standard InChI is InChI=1S/C13H14N2O2S/c1-2-15-8-7-14-13(15)18-11-5-3-10(4-6-11)9-12(16)17/h3-8H,2,9H2,1H3,(H,16,17). The second kappa shape index (κ2) is 5.73. The van der Waals surface area contributed by atoms with Crippen molar-refractivity contribution < 1.29 is 9.90 Å². The van der Waals surface area contributed by atoms with E-state index in [2.05, 4.69) is 16.5 Å². The SMILES string of the molecule is CCn1ccnc1Sc1ccc(CC(=O)O)cc1. The number of aromatic nitrogens is 2. The molecule has 0 aliphatic heterocycles. The van der Waals surface area contributed by atoms with E-state index in [-0.39, 0.29) is 6.42 Å². The number of carboxylic acids is 1. The summed E-state index contributed by atoms with van der Waals surface area (Å²) < 4.78 is 2.07. The van der Waals surface area contributed by atoms with Crippen LogP contribution in [0, 0.1) is 0 Å². The van der Waals surface area contributed by atoms with E-state index >= 15 is 0 Å². The second-order valence-corrected chi connectivity index (χ2v) is 4.85. The van der Waals surface area contributed by atoms with Crippen molar-refractivity contribution in [2.45, 2.75) is 29.9 Å². The first kappa shape index (κ1) is 12.7. The van der Waals surface area contributed by atoms with E-state index in [9.17, 15) is 4.79 Å². The maximum absolute atomic E-state index is 10.6. The largest absolute Gasteiger partial charge is 0.481 e. The molecule has 1 N–H and O–H groups in total. The molecule has 4 nitrogen and oxygen atoms in total. The van der Waals surface area contributed by atoms with Gasteiger partial charge in [0.05, 0.1) is 6.42 Å². The Morgan fingerprint density at radius 3 is 2.72 bits per heavy atom. The lowest BCUT2D eigenvalue weighted by Gasteiger charge is -2.04. The highest BCUT2D eigenvalue weighted by Crippen LogP contribution is 2.26. The quantitative estimate of drug-likeness (QED) is 0.900. The summed E-state index contributed by atoms with van der Waals surface area (Å²) in [6, 6.07) is 7.54. The maximum atomic E-state index is 10.6. The molecule has 0 amide bonds. The van der Waals surface area contributed by atoms with Crippen LogP contribution in [0.15, 0.2) is 46.7 Å². The van der Waals surface area contributed by atoms with Crippen molar-refractivity contribution in [1.82, 2.24) is 9.55 Å². The lowest BCUT2D eigenvalue weighted by Crippen LogP contribution is -1.99. The van der Waals surface area contributed by atoms with E-state index in [1.165, 1.54) is 0 Å². The molecule has 0 aliphatic carbocycles. The van der Waals surface area contributed by atoms with Gasteiger partial charge >= 0.3 is 5.97 Å². The summed E-state index contributed by atoms with van der Waals surface area (Å²) in [5, 5.41) is 9.64. The number of hydrogen-bond acceptors (Lipinski definition) is 3. The minimum atomic E-state index is -0.808. The molecule has 2 rings (SSSR count). The van der Waals surface area contributed by atoms with Crippen LogP contribution in [-0.2, 0) is 17.8 Å². The van der Waals surface area contributed by atoms with Crippen LogP contribution < -0.4 is 0 Å². The lowest BCUT2D eigenvalue weighted by molar-refractivity contribution is -0.136. The minimum absolute atomic E-state index is 0.0640. The topological polar surface area (TPSA) is 55.1 Å². The fraction of sp³-hybridized carbons (Fsp3) is 0.231. The first-order chi connectivity index (χ1) is 8.69. The Bertz CT molecular complexity index is 534. The van der Waals surface area contributed by atoms with Crippen molar-refractivity contribution in [3.63, 3.8) is 0 Å². The number of benzene rings is 1. The Morgan fingerprint density at radius 2 is 2.11 bits per heavy atom. The minimum Gasteiger partial charge on any atom is -0.481 e. The van der Waals surface area contributed by atoms with E-state index in [1.54, 1.807) is 18.0 Å². The fourth-order valence-electron chi connectivity index (χ4n) is 1.60. The van der Waals surface area contributed by atoms with Crippen molar-refractivity contribution in [2.24, 2.45) is 0 Å². The zero-order valence-corrected chi connectivity index (χ0v) is 10.9. The monoisotopic (exact) mass is 262 g/mol. The zero-order chi connectivity index (χ0) is 13.0. The van der Waals surface area contributed by atoms with Gasteiger partial charge < -0.3 is 9.67 Å². The molecular weight excluding hydrogens is 248 g/mol. The van der Waals surface area contributed by atoms with Gasteiger partial charge in [-0.1, -0.05) is 23.9 Å². The molecule has 0 bridgehead atoms. The van der Waals surface area contributed by atoms with Crippen LogP contribution in [0.1, 0.15) is 12.5 Å². The zero-order valence-electron chi connectivity index (χ0n) is 10.0. The van der Waals surface area contributed by atoms with Crippen LogP contribution >= 0.6 is 11.8 Å². The molecule has 0 unspecified atom stereocenters. The van der Waals surface area contributed by atoms with Gasteiger partial charge in [-0.3, -0.25) is 4.79 Å². The summed E-state index contributed by atoms with van der Waals surface area (Å²) in [5.41, 5.74) is 0.811. The van der Waals surface area contributed by atoms with Crippen molar-refractivity contribution in [1.29, 1.82) is 0 Å². The van der Waals surface area contributed by atoms with Gasteiger partial charge in [0.25, 0.3) is 0 Å². The third-order valence-electron chi connectivity index (χ3n) is 2.51. The van der Waals surface area contributed by atoms with Crippen LogP contribution in [0.3, 0.4) is 0 Å². The normalized spacial score (nSPS) is 10.5. The Kier molecular flexibility index (Phi) is 4.04. The van der Waals surface area contributed by atoms with Crippen LogP contribution in [0.5, 0.6) is 0 Å². The number of hydrogen-bond donors (Lipinski definition) is 1. The first-order valence-electron chi connectivity index (χ1n) is 5.68. The van der Waals surface area contributed by atoms with Crippen molar-refractivity contribution in [2.75, 3.05) is 0 Å². The van der Waals surface area contributed by atoms with Crippen molar-refractivity contribution in [3.8, 4) is 0 Å². The molecule has 5 heteroatoms. The van der Waals surface area contributed by atoms with E-state index in [0.717, 1.165) is 22.2 Å². The predicted molar refractivity (Wildman–Crippen MR) is 69.8 cm³/mol. The molecule has 1 aromatic heterocycles. The van der Waals surface area contributed by atoms with Gasteiger partial charge in [0.1, 0.15) is 0 Å². The number of carbonyl (C=O) groups is 1. The number of nitrogens with zero attached hydrogens (tertiary/aromatic N) is 2. The summed E-state index contributed by atoms with van der Waals surface area (Å²) >= 11 is 1.58. The summed E-state index contributed by atoms with van der Waals surface area (Å²) in [6.45, 7) is 2.96. The summed E-state index contributed by atoms with van der Waals surface area (Å²) in [6.07, 6.45) is 3.79. The highest BCUT2D eigenvalue weighted by atomic mass is 32.2. The fourth-order valence-corrected chi connectivity index (χ4v) is 2.50. The van der Waals surface area contributed by atoms with Crippen molar-refractivity contribution in [3.05, 3.63) is 42.2 Å². The predicted octanol–water partition coefficient (Wildman–Crippen LogP) is 2.68. The molecule has 0 aliphatic rings. The summed E-state index contributed by atoms with van der Waals surface area (Å²) in [7, 11) is 0. The highest BCUT2D eigenvalue weighted by Gasteiger charge is 2.05. The molecule has 0 atom stereocenters. The molecule has 0 saturated heterocycles. The van der Waals surface area contributed by atoms with Gasteiger partial charge in [-0.2, -0.15) is 0 Å².